The molecule has 0 aromatic rings. The standard InChI is InChI=1S/C9H17F/c1-6-4-9(5-10)8(3)7(6)2/h6-9H,4-5H2,1-3H3. The van der Waals surface area contributed by atoms with E-state index in [1.165, 1.54) is 0 Å². The molecule has 1 aliphatic carbocycles. The highest BCUT2D eigenvalue weighted by molar-refractivity contribution is 4.83. The molecule has 0 aliphatic heterocycles. The van der Waals surface area contributed by atoms with Crippen molar-refractivity contribution in [1.29, 1.82) is 0 Å². The predicted octanol–water partition coefficient (Wildman–Crippen LogP) is 2.88. The maximum absolute atomic E-state index is 12.3. The zero-order chi connectivity index (χ0) is 7.72. The molecule has 0 amide bonds. The summed E-state index contributed by atoms with van der Waals surface area (Å²) in [7, 11) is 0. The maximum Gasteiger partial charge on any atom is 0.0925 e. The molecule has 4 unspecified atom stereocenters. The summed E-state index contributed by atoms with van der Waals surface area (Å²) in [5.41, 5.74) is 0. The summed E-state index contributed by atoms with van der Waals surface area (Å²) in [4.78, 5) is 0. The third kappa shape index (κ3) is 1.18. The first-order chi connectivity index (χ1) is 4.66. The maximum atomic E-state index is 12.3. The van der Waals surface area contributed by atoms with Gasteiger partial charge in [-0.3, -0.25) is 4.39 Å². The topological polar surface area (TPSA) is 0 Å². The molecule has 0 radical (unpaired) electrons. The van der Waals surface area contributed by atoms with Gasteiger partial charge >= 0.3 is 0 Å². The zero-order valence-corrected chi connectivity index (χ0v) is 7.10. The van der Waals surface area contributed by atoms with E-state index in [0.29, 0.717) is 11.8 Å². The van der Waals surface area contributed by atoms with Crippen molar-refractivity contribution in [3.05, 3.63) is 0 Å². The summed E-state index contributed by atoms with van der Waals surface area (Å²) >= 11 is 0. The summed E-state index contributed by atoms with van der Waals surface area (Å²) in [6.07, 6.45) is 1.10. The Morgan fingerprint density at radius 2 is 1.80 bits per heavy atom. The van der Waals surface area contributed by atoms with Crippen LogP contribution in [0.15, 0.2) is 0 Å². The van der Waals surface area contributed by atoms with E-state index >= 15 is 0 Å². The van der Waals surface area contributed by atoms with Gasteiger partial charge in [0.2, 0.25) is 0 Å². The molecule has 1 fully saturated rings. The van der Waals surface area contributed by atoms with Crippen LogP contribution in [0.25, 0.3) is 0 Å². The van der Waals surface area contributed by atoms with Crippen LogP contribution in [0.2, 0.25) is 0 Å². The van der Waals surface area contributed by atoms with Crippen LogP contribution in [0.4, 0.5) is 4.39 Å². The fourth-order valence-corrected chi connectivity index (χ4v) is 2.06. The summed E-state index contributed by atoms with van der Waals surface area (Å²) in [5.74, 6) is 2.40. The molecule has 0 saturated heterocycles. The first-order valence-electron chi connectivity index (χ1n) is 4.22. The smallest absolute Gasteiger partial charge is 0.0925 e. The summed E-state index contributed by atoms with van der Waals surface area (Å²) < 4.78 is 12.3. The molecule has 0 heterocycles. The predicted molar refractivity (Wildman–Crippen MR) is 41.6 cm³/mol. The first-order valence-corrected chi connectivity index (χ1v) is 4.22. The van der Waals surface area contributed by atoms with Crippen LogP contribution >= 0.6 is 0 Å². The van der Waals surface area contributed by atoms with E-state index in [9.17, 15) is 4.39 Å². The van der Waals surface area contributed by atoms with Gasteiger partial charge in [-0.1, -0.05) is 20.8 Å². The number of alkyl halides is 1. The Morgan fingerprint density at radius 3 is 2.00 bits per heavy atom. The fourth-order valence-electron chi connectivity index (χ4n) is 2.06. The molecule has 10 heavy (non-hydrogen) atoms. The van der Waals surface area contributed by atoms with Crippen molar-refractivity contribution in [2.75, 3.05) is 6.67 Å². The minimum atomic E-state index is -0.115. The van der Waals surface area contributed by atoms with Crippen molar-refractivity contribution in [2.45, 2.75) is 27.2 Å². The third-order valence-corrected chi connectivity index (χ3v) is 3.34. The van der Waals surface area contributed by atoms with E-state index in [4.69, 9.17) is 0 Å². The van der Waals surface area contributed by atoms with E-state index in [0.717, 1.165) is 18.3 Å². The summed E-state index contributed by atoms with van der Waals surface area (Å²) in [6, 6.07) is 0. The highest BCUT2D eigenvalue weighted by Crippen LogP contribution is 2.40. The molecule has 0 N–H and O–H groups in total. The molecule has 0 aromatic carbocycles. The first kappa shape index (κ1) is 8.03. The second-order valence-corrected chi connectivity index (χ2v) is 3.85. The number of rotatable bonds is 1. The Balaban J connectivity index is 2.53. The van der Waals surface area contributed by atoms with Gasteiger partial charge in [0, 0.05) is 0 Å². The molecule has 0 aromatic heterocycles. The van der Waals surface area contributed by atoms with Crippen molar-refractivity contribution in [3.8, 4) is 0 Å². The Hall–Kier alpha value is -0.0700. The molecule has 4 atom stereocenters. The Kier molecular flexibility index (Phi) is 2.32. The monoisotopic (exact) mass is 144 g/mol. The van der Waals surface area contributed by atoms with Gasteiger partial charge in [-0.25, -0.2) is 0 Å². The highest BCUT2D eigenvalue weighted by Gasteiger charge is 2.34. The lowest BCUT2D eigenvalue weighted by Crippen LogP contribution is -2.11. The second kappa shape index (κ2) is 2.89. The second-order valence-electron chi connectivity index (χ2n) is 3.85. The van der Waals surface area contributed by atoms with Crippen molar-refractivity contribution in [3.63, 3.8) is 0 Å². The number of hydrogen-bond donors (Lipinski definition) is 0. The van der Waals surface area contributed by atoms with Crippen LogP contribution in [0.5, 0.6) is 0 Å². The Labute approximate surface area is 62.8 Å². The van der Waals surface area contributed by atoms with Crippen LogP contribution in [0.1, 0.15) is 27.2 Å². The molecule has 0 spiro atoms. The molecular weight excluding hydrogens is 127 g/mol. The van der Waals surface area contributed by atoms with Crippen molar-refractivity contribution in [2.24, 2.45) is 23.7 Å². The van der Waals surface area contributed by atoms with Crippen LogP contribution in [0.3, 0.4) is 0 Å². The average Bonchev–Trinajstić information content (AvgIpc) is 2.17. The minimum absolute atomic E-state index is 0.115. The fraction of sp³-hybridized carbons (Fsp3) is 1.00. The van der Waals surface area contributed by atoms with Crippen LogP contribution in [-0.4, -0.2) is 6.67 Å². The van der Waals surface area contributed by atoms with E-state index in [2.05, 4.69) is 20.8 Å². The molecule has 0 nitrogen and oxygen atoms in total. The van der Waals surface area contributed by atoms with Gasteiger partial charge in [0.15, 0.2) is 0 Å². The SMILES string of the molecule is CC1CC(CF)C(C)C1C. The minimum Gasteiger partial charge on any atom is -0.251 e. The largest absolute Gasteiger partial charge is 0.251 e. The lowest BCUT2D eigenvalue weighted by molar-refractivity contribution is 0.281. The van der Waals surface area contributed by atoms with Gasteiger partial charge < -0.3 is 0 Å². The van der Waals surface area contributed by atoms with Crippen molar-refractivity contribution in [1.82, 2.24) is 0 Å². The Morgan fingerprint density at radius 1 is 1.20 bits per heavy atom. The van der Waals surface area contributed by atoms with Gasteiger partial charge in [0.1, 0.15) is 0 Å². The molecule has 60 valence electrons. The quantitative estimate of drug-likeness (QED) is 0.531. The molecule has 1 rings (SSSR count). The van der Waals surface area contributed by atoms with Gasteiger partial charge in [-0.05, 0) is 30.1 Å². The molecular formula is C9H17F. The molecule has 1 heteroatoms. The highest BCUT2D eigenvalue weighted by atomic mass is 19.1. The van der Waals surface area contributed by atoms with Gasteiger partial charge in [0.05, 0.1) is 6.67 Å². The Bertz CT molecular complexity index is 111. The number of halogens is 1. The lowest BCUT2D eigenvalue weighted by Gasteiger charge is -2.15. The summed E-state index contributed by atoms with van der Waals surface area (Å²) in [6.45, 7) is 6.54. The zero-order valence-electron chi connectivity index (χ0n) is 7.10. The molecule has 1 saturated carbocycles. The van der Waals surface area contributed by atoms with Crippen molar-refractivity contribution < 1.29 is 4.39 Å². The number of hydrogen-bond acceptors (Lipinski definition) is 0. The van der Waals surface area contributed by atoms with E-state index in [1.54, 1.807) is 0 Å². The average molecular weight is 144 g/mol. The third-order valence-electron chi connectivity index (χ3n) is 3.34. The van der Waals surface area contributed by atoms with Crippen LogP contribution in [-0.2, 0) is 0 Å². The molecule has 1 aliphatic rings. The summed E-state index contributed by atoms with van der Waals surface area (Å²) in [5, 5.41) is 0. The van der Waals surface area contributed by atoms with Gasteiger partial charge in [-0.2, -0.15) is 0 Å². The normalized spacial score (nSPS) is 48.0. The van der Waals surface area contributed by atoms with Crippen LogP contribution in [0, 0.1) is 23.7 Å². The van der Waals surface area contributed by atoms with E-state index < -0.39 is 0 Å². The van der Waals surface area contributed by atoms with E-state index in [1.807, 2.05) is 0 Å². The van der Waals surface area contributed by atoms with Crippen LogP contribution < -0.4 is 0 Å². The van der Waals surface area contributed by atoms with Gasteiger partial charge in [0.25, 0.3) is 0 Å². The van der Waals surface area contributed by atoms with Gasteiger partial charge in [-0.15, -0.1) is 0 Å². The van der Waals surface area contributed by atoms with E-state index in [-0.39, 0.29) is 6.67 Å². The lowest BCUT2D eigenvalue weighted by atomic mass is 9.91. The molecule has 0 bridgehead atoms. The van der Waals surface area contributed by atoms with Crippen molar-refractivity contribution >= 4 is 0 Å².